The van der Waals surface area contributed by atoms with Crippen molar-refractivity contribution in [2.24, 2.45) is 0 Å². The topological polar surface area (TPSA) is 84.2 Å². The summed E-state index contributed by atoms with van der Waals surface area (Å²) in [5.74, 6) is -0.650. The van der Waals surface area contributed by atoms with Gasteiger partial charge in [-0.2, -0.15) is 4.98 Å². The molecule has 100 valence electrons. The van der Waals surface area contributed by atoms with Gasteiger partial charge >= 0.3 is 6.01 Å². The average molecular weight is 279 g/mol. The second kappa shape index (κ2) is 5.66. The molecule has 0 aliphatic heterocycles. The van der Waals surface area contributed by atoms with Crippen molar-refractivity contribution in [2.45, 2.75) is 19.9 Å². The van der Waals surface area contributed by atoms with E-state index < -0.39 is 0 Å². The number of nitrogens with one attached hydrogen (secondary N) is 2. The molecule has 2 rings (SSSR count). The molecule has 19 heavy (non-hydrogen) atoms. The van der Waals surface area contributed by atoms with Gasteiger partial charge in [-0.15, -0.1) is 11.3 Å². The van der Waals surface area contributed by atoms with E-state index in [2.05, 4.69) is 15.6 Å². The predicted molar refractivity (Wildman–Crippen MR) is 71.4 cm³/mol. The number of thiophene rings is 1. The van der Waals surface area contributed by atoms with Gasteiger partial charge in [0.05, 0.1) is 4.88 Å². The van der Waals surface area contributed by atoms with Crippen molar-refractivity contribution in [3.63, 3.8) is 0 Å². The van der Waals surface area contributed by atoms with Crippen LogP contribution in [0.1, 0.15) is 34.0 Å². The highest BCUT2D eigenvalue weighted by Crippen LogP contribution is 2.13. The van der Waals surface area contributed by atoms with Crippen molar-refractivity contribution < 1.29 is 14.0 Å². The third-order valence-electron chi connectivity index (χ3n) is 2.12. The Hall–Kier alpha value is -2.15. The number of carbonyl (C=O) groups is 2. The molecule has 0 aromatic carbocycles. The van der Waals surface area contributed by atoms with E-state index >= 15 is 0 Å². The number of aromatic nitrogens is 1. The largest absolute Gasteiger partial charge is 0.431 e. The lowest BCUT2D eigenvalue weighted by Crippen LogP contribution is -2.30. The Labute approximate surface area is 113 Å². The number of hydrogen-bond donors (Lipinski definition) is 2. The van der Waals surface area contributed by atoms with Crippen LogP contribution in [-0.4, -0.2) is 22.8 Å². The van der Waals surface area contributed by atoms with E-state index in [0.29, 0.717) is 4.88 Å². The van der Waals surface area contributed by atoms with Crippen molar-refractivity contribution in [3.8, 4) is 0 Å². The molecule has 6 nitrogen and oxygen atoms in total. The minimum Gasteiger partial charge on any atom is -0.431 e. The molecule has 0 spiro atoms. The third kappa shape index (κ3) is 3.41. The van der Waals surface area contributed by atoms with E-state index in [0.717, 1.165) is 0 Å². The Morgan fingerprint density at radius 1 is 1.37 bits per heavy atom. The maximum Gasteiger partial charge on any atom is 0.302 e. The molecule has 0 radical (unpaired) electrons. The Kier molecular flexibility index (Phi) is 3.96. The zero-order valence-electron chi connectivity index (χ0n) is 10.5. The Morgan fingerprint density at radius 2 is 2.16 bits per heavy atom. The van der Waals surface area contributed by atoms with Gasteiger partial charge in [0.25, 0.3) is 11.8 Å². The van der Waals surface area contributed by atoms with Crippen LogP contribution in [0.2, 0.25) is 0 Å². The lowest BCUT2D eigenvalue weighted by Gasteiger charge is -2.04. The fourth-order valence-electron chi connectivity index (χ4n) is 1.34. The first-order valence-corrected chi connectivity index (χ1v) is 6.55. The average Bonchev–Trinajstić information content (AvgIpc) is 2.98. The van der Waals surface area contributed by atoms with E-state index in [9.17, 15) is 9.59 Å². The summed E-state index contributed by atoms with van der Waals surface area (Å²) in [4.78, 5) is 27.8. The van der Waals surface area contributed by atoms with Gasteiger partial charge in [0, 0.05) is 6.04 Å². The summed E-state index contributed by atoms with van der Waals surface area (Å²) in [6.07, 6.45) is 1.21. The Balaban J connectivity index is 2.01. The van der Waals surface area contributed by atoms with Gasteiger partial charge < -0.3 is 9.73 Å². The number of oxazole rings is 1. The van der Waals surface area contributed by atoms with E-state index in [1.54, 1.807) is 17.5 Å². The summed E-state index contributed by atoms with van der Waals surface area (Å²) in [6.45, 7) is 3.69. The molecule has 2 N–H and O–H groups in total. The molecule has 0 saturated heterocycles. The molecule has 0 saturated carbocycles. The fourth-order valence-corrected chi connectivity index (χ4v) is 1.96. The lowest BCUT2D eigenvalue weighted by atomic mass is 10.3. The van der Waals surface area contributed by atoms with Crippen LogP contribution in [0.4, 0.5) is 6.01 Å². The summed E-state index contributed by atoms with van der Waals surface area (Å²) in [5, 5.41) is 6.97. The number of anilines is 1. The number of rotatable bonds is 4. The van der Waals surface area contributed by atoms with E-state index in [1.165, 1.54) is 17.6 Å². The molecular weight excluding hydrogens is 266 g/mol. The van der Waals surface area contributed by atoms with Gasteiger partial charge in [0.15, 0.2) is 5.69 Å². The lowest BCUT2D eigenvalue weighted by molar-refractivity contribution is 0.0937. The maximum absolute atomic E-state index is 11.7. The summed E-state index contributed by atoms with van der Waals surface area (Å²) in [6, 6.07) is 3.48. The third-order valence-corrected chi connectivity index (χ3v) is 2.99. The van der Waals surface area contributed by atoms with Crippen molar-refractivity contribution in [1.29, 1.82) is 0 Å². The van der Waals surface area contributed by atoms with Gasteiger partial charge in [0.2, 0.25) is 0 Å². The Morgan fingerprint density at radius 3 is 2.79 bits per heavy atom. The van der Waals surface area contributed by atoms with Crippen LogP contribution in [0, 0.1) is 0 Å². The van der Waals surface area contributed by atoms with Crippen LogP contribution in [0.5, 0.6) is 0 Å². The molecule has 0 atom stereocenters. The maximum atomic E-state index is 11.7. The number of carbonyl (C=O) groups excluding carboxylic acids is 2. The van der Waals surface area contributed by atoms with Crippen LogP contribution in [-0.2, 0) is 0 Å². The summed E-state index contributed by atoms with van der Waals surface area (Å²) in [5.41, 5.74) is 0.134. The predicted octanol–water partition coefficient (Wildman–Crippen LogP) is 2.13. The van der Waals surface area contributed by atoms with Crippen molar-refractivity contribution in [3.05, 3.63) is 34.3 Å². The number of nitrogens with zero attached hydrogens (tertiary/aromatic N) is 1. The molecule has 2 aromatic heterocycles. The quantitative estimate of drug-likeness (QED) is 0.898. The molecule has 0 bridgehead atoms. The molecule has 0 unspecified atom stereocenters. The summed E-state index contributed by atoms with van der Waals surface area (Å²) < 4.78 is 5.04. The highest BCUT2D eigenvalue weighted by Gasteiger charge is 2.15. The fraction of sp³-hybridized carbons (Fsp3) is 0.250. The monoisotopic (exact) mass is 279 g/mol. The van der Waals surface area contributed by atoms with Gasteiger partial charge in [-0.3, -0.25) is 14.9 Å². The van der Waals surface area contributed by atoms with Crippen molar-refractivity contribution in [1.82, 2.24) is 10.3 Å². The summed E-state index contributed by atoms with van der Waals surface area (Å²) in [7, 11) is 0. The van der Waals surface area contributed by atoms with Crippen molar-refractivity contribution >= 4 is 29.2 Å². The number of hydrogen-bond acceptors (Lipinski definition) is 5. The summed E-state index contributed by atoms with van der Waals surface area (Å²) >= 11 is 1.31. The molecular formula is C12H13N3O3S. The second-order valence-electron chi connectivity index (χ2n) is 4.10. The zero-order chi connectivity index (χ0) is 13.8. The van der Waals surface area contributed by atoms with E-state index in [-0.39, 0.29) is 29.6 Å². The normalized spacial score (nSPS) is 10.5. The van der Waals surface area contributed by atoms with Gasteiger partial charge in [-0.05, 0) is 25.3 Å². The molecule has 2 aromatic rings. The van der Waals surface area contributed by atoms with Gasteiger partial charge in [0.1, 0.15) is 6.26 Å². The van der Waals surface area contributed by atoms with Crippen molar-refractivity contribution in [2.75, 3.05) is 5.32 Å². The first-order chi connectivity index (χ1) is 9.06. The Bertz CT molecular complexity index is 575. The van der Waals surface area contributed by atoms with Gasteiger partial charge in [-0.1, -0.05) is 6.07 Å². The van der Waals surface area contributed by atoms with Crippen LogP contribution >= 0.6 is 11.3 Å². The molecule has 2 amide bonds. The standard InChI is InChI=1S/C12H13N3O3S/c1-7(2)13-10(16)8-6-18-12(14-8)15-11(17)9-4-3-5-19-9/h3-7H,1-2H3,(H,13,16)(H,14,15,17). The number of amides is 2. The molecule has 2 heterocycles. The second-order valence-corrected chi connectivity index (χ2v) is 5.05. The highest BCUT2D eigenvalue weighted by atomic mass is 32.1. The van der Waals surface area contributed by atoms with Crippen LogP contribution in [0.25, 0.3) is 0 Å². The molecule has 0 aliphatic rings. The minimum absolute atomic E-state index is 0.00676. The smallest absolute Gasteiger partial charge is 0.302 e. The SMILES string of the molecule is CC(C)NC(=O)c1coc(NC(=O)c2cccs2)n1. The highest BCUT2D eigenvalue weighted by molar-refractivity contribution is 7.12. The molecule has 0 aliphatic carbocycles. The molecule has 0 fully saturated rings. The van der Waals surface area contributed by atoms with Crippen LogP contribution in [0.3, 0.4) is 0 Å². The zero-order valence-corrected chi connectivity index (χ0v) is 11.3. The van der Waals surface area contributed by atoms with Gasteiger partial charge in [-0.25, -0.2) is 0 Å². The molecule has 7 heteroatoms. The van der Waals surface area contributed by atoms with E-state index in [4.69, 9.17) is 4.42 Å². The minimum atomic E-state index is -0.338. The van der Waals surface area contributed by atoms with Crippen LogP contribution < -0.4 is 10.6 Å². The van der Waals surface area contributed by atoms with Crippen LogP contribution in [0.15, 0.2) is 28.2 Å². The first kappa shape index (κ1) is 13.3. The first-order valence-electron chi connectivity index (χ1n) is 5.67. The van der Waals surface area contributed by atoms with E-state index in [1.807, 2.05) is 13.8 Å².